The van der Waals surface area contributed by atoms with Crippen molar-refractivity contribution in [2.75, 3.05) is 0 Å². The molecule has 3 heteroatoms. The molecule has 4 aliphatic carbocycles. The Morgan fingerprint density at radius 2 is 1.79 bits per heavy atom. The molecule has 8 atom stereocenters. The number of ether oxygens (including phenoxy) is 1. The lowest BCUT2D eigenvalue weighted by Crippen LogP contribution is -2.51. The van der Waals surface area contributed by atoms with Gasteiger partial charge in [-0.3, -0.25) is 0 Å². The molecule has 0 bridgehead atoms. The van der Waals surface area contributed by atoms with Crippen LogP contribution in [0.3, 0.4) is 0 Å². The van der Waals surface area contributed by atoms with Crippen LogP contribution in [-0.4, -0.2) is 12.1 Å². The molecule has 1 aromatic rings. The standard InChI is InChI=1S/C36H51BrO2/c1-24(2)10-9-11-25(3)30-16-17-31-29-15-14-27-23-28(18-20-35(27,4)32(29)19-21-36(30,31)5)39-34(38)33(37)22-26-12-7-6-8-13-26/h6-8,12-14,22,24-25,28-32H,9-11,15-21,23H2,1-5H3/b33-22-/t25-,28+,29-,30+,31+,32-,35+,36-/m1/s1. The summed E-state index contributed by atoms with van der Waals surface area (Å²) in [6, 6.07) is 9.95. The van der Waals surface area contributed by atoms with Gasteiger partial charge in [0.15, 0.2) is 0 Å². The van der Waals surface area contributed by atoms with Crippen LogP contribution in [0.15, 0.2) is 46.5 Å². The minimum atomic E-state index is -0.241. The normalized spacial score (nSPS) is 36.9. The van der Waals surface area contributed by atoms with Crippen molar-refractivity contribution in [2.24, 2.45) is 46.3 Å². The molecule has 0 radical (unpaired) electrons. The number of fused-ring (bicyclic) bond motifs is 5. The lowest BCUT2D eigenvalue weighted by Gasteiger charge is -2.58. The van der Waals surface area contributed by atoms with E-state index >= 15 is 0 Å². The fourth-order valence-electron chi connectivity index (χ4n) is 9.71. The summed E-state index contributed by atoms with van der Waals surface area (Å²) in [5.41, 5.74) is 3.40. The maximum Gasteiger partial charge on any atom is 0.345 e. The van der Waals surface area contributed by atoms with Crippen molar-refractivity contribution in [1.82, 2.24) is 0 Å². The van der Waals surface area contributed by atoms with E-state index in [4.69, 9.17) is 4.74 Å². The van der Waals surface area contributed by atoms with Gasteiger partial charge in [0.25, 0.3) is 0 Å². The smallest absolute Gasteiger partial charge is 0.345 e. The van der Waals surface area contributed by atoms with E-state index in [1.807, 2.05) is 36.4 Å². The lowest BCUT2D eigenvalue weighted by atomic mass is 9.47. The van der Waals surface area contributed by atoms with E-state index in [1.54, 1.807) is 5.57 Å². The Balaban J connectivity index is 1.23. The Morgan fingerprint density at radius 3 is 2.54 bits per heavy atom. The first-order valence-electron chi connectivity index (χ1n) is 15.9. The van der Waals surface area contributed by atoms with E-state index in [1.165, 1.54) is 51.4 Å². The molecule has 0 unspecified atom stereocenters. The molecular formula is C36H51BrO2. The zero-order valence-electron chi connectivity index (χ0n) is 25.1. The second-order valence-corrected chi connectivity index (χ2v) is 15.3. The fraction of sp³-hybridized carbons (Fsp3) is 0.694. The third kappa shape index (κ3) is 5.86. The topological polar surface area (TPSA) is 26.3 Å². The first-order valence-corrected chi connectivity index (χ1v) is 16.7. The molecule has 39 heavy (non-hydrogen) atoms. The second-order valence-electron chi connectivity index (χ2n) is 14.5. The van der Waals surface area contributed by atoms with Crippen molar-refractivity contribution in [2.45, 2.75) is 111 Å². The van der Waals surface area contributed by atoms with Crippen molar-refractivity contribution in [1.29, 1.82) is 0 Å². The summed E-state index contributed by atoms with van der Waals surface area (Å²) in [4.78, 5) is 12.9. The summed E-state index contributed by atoms with van der Waals surface area (Å²) >= 11 is 3.47. The van der Waals surface area contributed by atoms with Crippen molar-refractivity contribution in [3.63, 3.8) is 0 Å². The van der Waals surface area contributed by atoms with Crippen LogP contribution < -0.4 is 0 Å². The van der Waals surface area contributed by atoms with E-state index in [2.05, 4.69) is 56.6 Å². The summed E-state index contributed by atoms with van der Waals surface area (Å²) in [6.45, 7) is 12.5. The molecule has 3 fully saturated rings. The fourth-order valence-corrected chi connectivity index (χ4v) is 10.1. The van der Waals surface area contributed by atoms with Gasteiger partial charge in [-0.15, -0.1) is 0 Å². The van der Waals surface area contributed by atoms with Gasteiger partial charge in [0.1, 0.15) is 10.6 Å². The van der Waals surface area contributed by atoms with Crippen LogP contribution in [0.5, 0.6) is 0 Å². The Hall–Kier alpha value is -1.35. The van der Waals surface area contributed by atoms with E-state index in [0.717, 1.165) is 60.3 Å². The number of carbonyl (C=O) groups excluding carboxylic acids is 1. The van der Waals surface area contributed by atoms with Gasteiger partial charge in [0, 0.05) is 6.42 Å². The van der Waals surface area contributed by atoms with E-state index in [0.29, 0.717) is 9.90 Å². The summed E-state index contributed by atoms with van der Waals surface area (Å²) in [5.74, 6) is 4.88. The molecule has 0 N–H and O–H groups in total. The van der Waals surface area contributed by atoms with E-state index in [-0.39, 0.29) is 17.5 Å². The highest BCUT2D eigenvalue weighted by Gasteiger charge is 2.59. The maximum atomic E-state index is 12.9. The summed E-state index contributed by atoms with van der Waals surface area (Å²) in [6.07, 6.45) is 18.6. The Labute approximate surface area is 246 Å². The van der Waals surface area contributed by atoms with Gasteiger partial charge in [-0.2, -0.15) is 0 Å². The van der Waals surface area contributed by atoms with Crippen LogP contribution in [0.1, 0.15) is 111 Å². The van der Waals surface area contributed by atoms with E-state index < -0.39 is 0 Å². The number of allylic oxidation sites excluding steroid dienone is 1. The van der Waals surface area contributed by atoms with Crippen LogP contribution in [0, 0.1) is 46.3 Å². The van der Waals surface area contributed by atoms with Gasteiger partial charge in [-0.05, 0) is 119 Å². The summed E-state index contributed by atoms with van der Waals surface area (Å²) in [7, 11) is 0. The molecule has 1 aromatic carbocycles. The monoisotopic (exact) mass is 594 g/mol. The van der Waals surface area contributed by atoms with Gasteiger partial charge in [-0.1, -0.05) is 95.9 Å². The van der Waals surface area contributed by atoms with Crippen LogP contribution in [0.25, 0.3) is 6.08 Å². The number of hydrogen-bond acceptors (Lipinski definition) is 2. The third-order valence-electron chi connectivity index (χ3n) is 11.8. The first-order chi connectivity index (χ1) is 18.6. The largest absolute Gasteiger partial charge is 0.458 e. The molecule has 0 heterocycles. The molecule has 0 aliphatic heterocycles. The minimum Gasteiger partial charge on any atom is -0.458 e. The number of carbonyl (C=O) groups is 1. The number of esters is 1. The van der Waals surface area contributed by atoms with Gasteiger partial charge in [-0.25, -0.2) is 4.79 Å². The Kier molecular flexibility index (Phi) is 8.87. The first kappa shape index (κ1) is 29.2. The SMILES string of the molecule is CC(C)CCC[C@@H](C)[C@@H]1CC[C@H]2[C@H]3CC=C4C[C@@H](OC(=O)/C(Br)=C/c5ccccc5)CC[C@]4(C)[C@@H]3CC[C@@]21C. The van der Waals surface area contributed by atoms with Gasteiger partial charge < -0.3 is 4.74 Å². The second kappa shape index (κ2) is 11.9. The average molecular weight is 596 g/mol. The quantitative estimate of drug-likeness (QED) is 0.170. The Morgan fingerprint density at radius 1 is 1.03 bits per heavy atom. The molecule has 5 rings (SSSR count). The molecule has 4 aliphatic rings. The number of halogens is 1. The Bertz CT molecular complexity index is 1070. The maximum absolute atomic E-state index is 12.9. The zero-order valence-corrected chi connectivity index (χ0v) is 26.6. The minimum absolute atomic E-state index is 0.0125. The van der Waals surface area contributed by atoms with Crippen LogP contribution >= 0.6 is 15.9 Å². The van der Waals surface area contributed by atoms with Crippen LogP contribution in [-0.2, 0) is 9.53 Å². The van der Waals surface area contributed by atoms with Crippen molar-refractivity contribution >= 4 is 28.0 Å². The highest BCUT2D eigenvalue weighted by atomic mass is 79.9. The molecule has 3 saturated carbocycles. The van der Waals surface area contributed by atoms with Crippen LogP contribution in [0.2, 0.25) is 0 Å². The molecule has 2 nitrogen and oxygen atoms in total. The van der Waals surface area contributed by atoms with Crippen molar-refractivity contribution in [3.05, 3.63) is 52.0 Å². The van der Waals surface area contributed by atoms with Gasteiger partial charge in [0.05, 0.1) is 0 Å². The highest BCUT2D eigenvalue weighted by Crippen LogP contribution is 2.67. The average Bonchev–Trinajstić information content (AvgIpc) is 3.26. The molecule has 0 spiro atoms. The van der Waals surface area contributed by atoms with Crippen molar-refractivity contribution in [3.8, 4) is 0 Å². The molecule has 0 aromatic heterocycles. The van der Waals surface area contributed by atoms with Gasteiger partial charge in [0.2, 0.25) is 0 Å². The van der Waals surface area contributed by atoms with Gasteiger partial charge >= 0.3 is 5.97 Å². The zero-order chi connectivity index (χ0) is 27.8. The predicted octanol–water partition coefficient (Wildman–Crippen LogP) is 10.4. The summed E-state index contributed by atoms with van der Waals surface area (Å²) in [5, 5.41) is 0. The number of benzene rings is 1. The summed E-state index contributed by atoms with van der Waals surface area (Å²) < 4.78 is 6.53. The molecule has 0 amide bonds. The highest BCUT2D eigenvalue weighted by molar-refractivity contribution is 9.12. The number of rotatable bonds is 8. The third-order valence-corrected chi connectivity index (χ3v) is 12.4. The molecule has 0 saturated heterocycles. The van der Waals surface area contributed by atoms with Crippen molar-refractivity contribution < 1.29 is 9.53 Å². The lowest BCUT2D eigenvalue weighted by molar-refractivity contribution is -0.145. The van der Waals surface area contributed by atoms with E-state index in [9.17, 15) is 4.79 Å². The predicted molar refractivity (Wildman–Crippen MR) is 166 cm³/mol. The van der Waals surface area contributed by atoms with Crippen LogP contribution in [0.4, 0.5) is 0 Å². The molecule has 214 valence electrons. The number of hydrogen-bond donors (Lipinski definition) is 0. The molecular weight excluding hydrogens is 544 g/mol.